The summed E-state index contributed by atoms with van der Waals surface area (Å²) >= 11 is 3.34. The van der Waals surface area contributed by atoms with E-state index in [4.69, 9.17) is 0 Å². The Hall–Kier alpha value is -1.70. The SMILES string of the molecule is O=C([C@@H]1CCCN(S(=O)(=O)c2ccc(Br)cc2)C1)N(Cc1ccccc1)C1CC1. The molecular weight excluding hydrogens is 452 g/mol. The zero-order chi connectivity index (χ0) is 20.4. The van der Waals surface area contributed by atoms with Crippen molar-refractivity contribution in [2.24, 2.45) is 5.92 Å². The fourth-order valence-corrected chi connectivity index (χ4v) is 5.69. The van der Waals surface area contributed by atoms with E-state index in [0.717, 1.165) is 29.3 Å². The molecule has 1 heterocycles. The molecule has 0 aromatic heterocycles. The fourth-order valence-electron chi connectivity index (χ4n) is 3.91. The molecule has 2 fully saturated rings. The van der Waals surface area contributed by atoms with Gasteiger partial charge in [-0.05, 0) is 55.5 Å². The lowest BCUT2D eigenvalue weighted by molar-refractivity contribution is -0.138. The van der Waals surface area contributed by atoms with Crippen LogP contribution in [0.1, 0.15) is 31.2 Å². The van der Waals surface area contributed by atoms with E-state index < -0.39 is 10.0 Å². The number of carbonyl (C=O) groups is 1. The molecule has 154 valence electrons. The van der Waals surface area contributed by atoms with Crippen LogP contribution in [0, 0.1) is 5.92 Å². The first-order valence-corrected chi connectivity index (χ1v) is 12.3. The van der Waals surface area contributed by atoms with Gasteiger partial charge in [0.25, 0.3) is 0 Å². The molecule has 1 saturated carbocycles. The van der Waals surface area contributed by atoms with Gasteiger partial charge in [-0.1, -0.05) is 46.3 Å². The second-order valence-electron chi connectivity index (χ2n) is 7.84. The predicted octanol–water partition coefficient (Wildman–Crippen LogP) is 4.04. The summed E-state index contributed by atoms with van der Waals surface area (Å²) in [6.07, 6.45) is 3.51. The second kappa shape index (κ2) is 8.58. The van der Waals surface area contributed by atoms with Crippen LogP contribution in [0.15, 0.2) is 64.0 Å². The molecule has 1 aliphatic carbocycles. The lowest BCUT2D eigenvalue weighted by Crippen LogP contribution is -2.47. The Bertz CT molecular complexity index is 959. The Morgan fingerprint density at radius 1 is 1.03 bits per heavy atom. The number of benzene rings is 2. The highest BCUT2D eigenvalue weighted by Gasteiger charge is 2.39. The van der Waals surface area contributed by atoms with Gasteiger partial charge in [-0.25, -0.2) is 8.42 Å². The second-order valence-corrected chi connectivity index (χ2v) is 10.7. The van der Waals surface area contributed by atoms with Crippen molar-refractivity contribution in [2.75, 3.05) is 13.1 Å². The molecule has 0 bridgehead atoms. The Morgan fingerprint density at radius 2 is 1.72 bits per heavy atom. The molecule has 2 aromatic rings. The quantitative estimate of drug-likeness (QED) is 0.631. The number of amides is 1. The summed E-state index contributed by atoms with van der Waals surface area (Å²) < 4.78 is 28.4. The molecule has 1 amide bonds. The number of rotatable bonds is 6. The van der Waals surface area contributed by atoms with Gasteiger partial charge in [0.2, 0.25) is 15.9 Å². The molecule has 2 aliphatic rings. The summed E-state index contributed by atoms with van der Waals surface area (Å²) in [6, 6.07) is 17.0. The summed E-state index contributed by atoms with van der Waals surface area (Å²) in [7, 11) is -3.59. The topological polar surface area (TPSA) is 57.7 Å². The average molecular weight is 477 g/mol. The first-order valence-electron chi connectivity index (χ1n) is 10.1. The van der Waals surface area contributed by atoms with Crippen LogP contribution in [-0.2, 0) is 21.4 Å². The van der Waals surface area contributed by atoms with Crippen LogP contribution in [-0.4, -0.2) is 42.7 Å². The van der Waals surface area contributed by atoms with Crippen LogP contribution < -0.4 is 0 Å². The highest BCUT2D eigenvalue weighted by atomic mass is 79.9. The van der Waals surface area contributed by atoms with Gasteiger partial charge in [-0.3, -0.25) is 4.79 Å². The van der Waals surface area contributed by atoms with E-state index in [1.165, 1.54) is 4.31 Å². The zero-order valence-electron chi connectivity index (χ0n) is 16.2. The highest BCUT2D eigenvalue weighted by molar-refractivity contribution is 9.10. The summed E-state index contributed by atoms with van der Waals surface area (Å²) in [4.78, 5) is 15.6. The van der Waals surface area contributed by atoms with Crippen LogP contribution >= 0.6 is 15.9 Å². The van der Waals surface area contributed by atoms with Crippen molar-refractivity contribution in [3.05, 3.63) is 64.6 Å². The Kier molecular flexibility index (Phi) is 6.08. The minimum Gasteiger partial charge on any atom is -0.335 e. The predicted molar refractivity (Wildman–Crippen MR) is 116 cm³/mol. The molecule has 1 saturated heterocycles. The van der Waals surface area contributed by atoms with Crippen LogP contribution in [0.25, 0.3) is 0 Å². The number of nitrogens with zero attached hydrogens (tertiary/aromatic N) is 2. The molecule has 7 heteroatoms. The van der Waals surface area contributed by atoms with E-state index in [1.807, 2.05) is 35.2 Å². The lowest BCUT2D eigenvalue weighted by Gasteiger charge is -2.34. The normalized spacial score (nSPS) is 20.4. The monoisotopic (exact) mass is 476 g/mol. The van der Waals surface area contributed by atoms with E-state index in [1.54, 1.807) is 24.3 Å². The van der Waals surface area contributed by atoms with Crippen molar-refractivity contribution in [3.8, 4) is 0 Å². The smallest absolute Gasteiger partial charge is 0.243 e. The Morgan fingerprint density at radius 3 is 2.38 bits per heavy atom. The molecule has 4 rings (SSSR count). The minimum absolute atomic E-state index is 0.0899. The molecule has 0 unspecified atom stereocenters. The Balaban J connectivity index is 1.49. The van der Waals surface area contributed by atoms with Crippen LogP contribution in [0.3, 0.4) is 0 Å². The van der Waals surface area contributed by atoms with Gasteiger partial charge in [0.1, 0.15) is 0 Å². The molecule has 5 nitrogen and oxygen atoms in total. The third-order valence-electron chi connectivity index (χ3n) is 5.65. The van der Waals surface area contributed by atoms with Crippen LogP contribution in [0.2, 0.25) is 0 Å². The molecule has 2 aromatic carbocycles. The molecule has 0 radical (unpaired) electrons. The van der Waals surface area contributed by atoms with Gasteiger partial charge in [-0.2, -0.15) is 4.31 Å². The third-order valence-corrected chi connectivity index (χ3v) is 8.06. The summed E-state index contributed by atoms with van der Waals surface area (Å²) in [5.41, 5.74) is 1.11. The largest absolute Gasteiger partial charge is 0.335 e. The van der Waals surface area contributed by atoms with E-state index in [-0.39, 0.29) is 23.3 Å². The first-order chi connectivity index (χ1) is 13.9. The maximum atomic E-state index is 13.3. The van der Waals surface area contributed by atoms with E-state index in [9.17, 15) is 13.2 Å². The molecule has 0 N–H and O–H groups in total. The number of carbonyl (C=O) groups excluding carboxylic acids is 1. The van der Waals surface area contributed by atoms with Crippen molar-refractivity contribution in [1.82, 2.24) is 9.21 Å². The first kappa shape index (κ1) is 20.6. The van der Waals surface area contributed by atoms with Gasteiger partial charge in [0.15, 0.2) is 0 Å². The van der Waals surface area contributed by atoms with Crippen molar-refractivity contribution in [3.63, 3.8) is 0 Å². The van der Waals surface area contributed by atoms with Gasteiger partial charge < -0.3 is 4.90 Å². The molecule has 1 atom stereocenters. The van der Waals surface area contributed by atoms with Crippen molar-refractivity contribution >= 4 is 31.9 Å². The minimum atomic E-state index is -3.59. The van der Waals surface area contributed by atoms with Crippen LogP contribution in [0.4, 0.5) is 0 Å². The Labute approximate surface area is 180 Å². The maximum absolute atomic E-state index is 13.3. The molecule has 1 aliphatic heterocycles. The van der Waals surface area contributed by atoms with Gasteiger partial charge >= 0.3 is 0 Å². The van der Waals surface area contributed by atoms with E-state index in [2.05, 4.69) is 15.9 Å². The number of piperidine rings is 1. The van der Waals surface area contributed by atoms with Gasteiger partial charge in [-0.15, -0.1) is 0 Å². The fraction of sp³-hybridized carbons (Fsp3) is 0.409. The standard InChI is InChI=1S/C22H25BrN2O3S/c23-19-8-12-21(13-9-19)29(27,28)24-14-4-7-18(16-24)22(26)25(20-10-11-20)15-17-5-2-1-3-6-17/h1-3,5-6,8-9,12-13,18,20H,4,7,10-11,14-16H2/t18-/m1/s1. The van der Waals surface area contributed by atoms with E-state index >= 15 is 0 Å². The van der Waals surface area contributed by atoms with E-state index in [0.29, 0.717) is 25.6 Å². The summed E-state index contributed by atoms with van der Waals surface area (Å²) in [5.74, 6) is -0.189. The number of hydrogen-bond acceptors (Lipinski definition) is 3. The average Bonchev–Trinajstić information content (AvgIpc) is 3.58. The third kappa shape index (κ3) is 4.73. The zero-order valence-corrected chi connectivity index (χ0v) is 18.6. The van der Waals surface area contributed by atoms with Gasteiger partial charge in [0, 0.05) is 30.1 Å². The molecule has 0 spiro atoms. The maximum Gasteiger partial charge on any atom is 0.243 e. The lowest BCUT2D eigenvalue weighted by atomic mass is 9.97. The molecular formula is C22H25BrN2O3S. The number of halogens is 1. The van der Waals surface area contributed by atoms with Gasteiger partial charge in [0.05, 0.1) is 10.8 Å². The van der Waals surface area contributed by atoms with Crippen molar-refractivity contribution < 1.29 is 13.2 Å². The van der Waals surface area contributed by atoms with Crippen molar-refractivity contribution in [1.29, 1.82) is 0 Å². The van der Waals surface area contributed by atoms with Crippen molar-refractivity contribution in [2.45, 2.75) is 43.2 Å². The summed E-state index contributed by atoms with van der Waals surface area (Å²) in [6.45, 7) is 1.32. The summed E-state index contributed by atoms with van der Waals surface area (Å²) in [5, 5.41) is 0. The molecule has 29 heavy (non-hydrogen) atoms. The van der Waals surface area contributed by atoms with Crippen LogP contribution in [0.5, 0.6) is 0 Å². The number of sulfonamides is 1. The highest BCUT2D eigenvalue weighted by Crippen LogP contribution is 2.32. The number of hydrogen-bond donors (Lipinski definition) is 0.